The molecule has 1 aromatic carbocycles. The zero-order valence-corrected chi connectivity index (χ0v) is 21.8. The van der Waals surface area contributed by atoms with E-state index in [0.717, 1.165) is 43.4 Å². The van der Waals surface area contributed by atoms with Crippen molar-refractivity contribution in [1.82, 2.24) is 20.1 Å². The van der Waals surface area contributed by atoms with Crippen LogP contribution in [0.2, 0.25) is 0 Å². The number of aromatic nitrogens is 1. The maximum Gasteiger partial charge on any atom is 0.259 e. The van der Waals surface area contributed by atoms with E-state index in [4.69, 9.17) is 19.2 Å². The van der Waals surface area contributed by atoms with Gasteiger partial charge in [-0.1, -0.05) is 6.42 Å². The summed E-state index contributed by atoms with van der Waals surface area (Å²) in [5.41, 5.74) is 1.91. The van der Waals surface area contributed by atoms with Gasteiger partial charge in [-0.3, -0.25) is 29.9 Å². The van der Waals surface area contributed by atoms with Crippen molar-refractivity contribution in [3.05, 3.63) is 47.8 Å². The molecule has 2 fully saturated rings. The summed E-state index contributed by atoms with van der Waals surface area (Å²) in [6, 6.07) is 7.32. The molecule has 0 radical (unpaired) electrons. The van der Waals surface area contributed by atoms with Crippen LogP contribution in [0.15, 0.2) is 46.6 Å². The first-order valence-corrected chi connectivity index (χ1v) is 13.5. The van der Waals surface area contributed by atoms with Crippen LogP contribution in [-0.2, 0) is 4.74 Å². The van der Waals surface area contributed by atoms with Gasteiger partial charge in [0.15, 0.2) is 11.5 Å². The van der Waals surface area contributed by atoms with Gasteiger partial charge in [-0.2, -0.15) is 0 Å². The summed E-state index contributed by atoms with van der Waals surface area (Å²) in [5, 5.41) is 2.93. The van der Waals surface area contributed by atoms with E-state index in [1.54, 1.807) is 25.4 Å². The molecule has 1 N–H and O–H groups in total. The molecule has 0 bridgehead atoms. The van der Waals surface area contributed by atoms with Crippen molar-refractivity contribution in [1.29, 1.82) is 0 Å². The number of hydrogen-bond donors (Lipinski definition) is 1. The molecule has 3 aliphatic heterocycles. The molecule has 0 spiro atoms. The number of carbonyl (C=O) groups excluding carboxylic acids is 1. The Balaban J connectivity index is 1.16. The fourth-order valence-electron chi connectivity index (χ4n) is 5.43. The van der Waals surface area contributed by atoms with E-state index in [9.17, 15) is 4.79 Å². The molecule has 2 aromatic rings. The molecule has 1 saturated carbocycles. The highest BCUT2D eigenvalue weighted by Gasteiger charge is 2.33. The number of guanidine groups is 1. The summed E-state index contributed by atoms with van der Waals surface area (Å²) < 4.78 is 18.0. The molecule has 4 heterocycles. The predicted molar refractivity (Wildman–Crippen MR) is 144 cm³/mol. The molecule has 38 heavy (non-hydrogen) atoms. The van der Waals surface area contributed by atoms with Gasteiger partial charge in [0.1, 0.15) is 11.5 Å². The fourth-order valence-corrected chi connectivity index (χ4v) is 5.43. The number of aliphatic imine (C=N–C) groups is 2. The molecule has 1 aliphatic carbocycles. The summed E-state index contributed by atoms with van der Waals surface area (Å²) in [4.78, 5) is 30.8. The van der Waals surface area contributed by atoms with Gasteiger partial charge in [-0.05, 0) is 43.0 Å². The largest absolute Gasteiger partial charge is 0.491 e. The summed E-state index contributed by atoms with van der Waals surface area (Å²) in [5.74, 6) is 2.91. The molecule has 1 atom stereocenters. The van der Waals surface area contributed by atoms with Gasteiger partial charge in [0.05, 0.1) is 38.5 Å². The number of hydrogen-bond acceptors (Lipinski definition) is 9. The highest BCUT2D eigenvalue weighted by molar-refractivity contribution is 6.20. The molecule has 10 nitrogen and oxygen atoms in total. The maximum absolute atomic E-state index is 12.9. The number of nitrogens with one attached hydrogen (secondary N) is 1. The zero-order valence-electron chi connectivity index (χ0n) is 21.8. The lowest BCUT2D eigenvalue weighted by Gasteiger charge is -2.37. The third-order valence-electron chi connectivity index (χ3n) is 7.67. The average molecular weight is 519 g/mol. The lowest BCUT2D eigenvalue weighted by Crippen LogP contribution is -2.47. The van der Waals surface area contributed by atoms with Crippen molar-refractivity contribution in [3.63, 3.8) is 0 Å². The van der Waals surface area contributed by atoms with E-state index in [-0.39, 0.29) is 12.0 Å². The minimum absolute atomic E-state index is 0.168. The molecule has 1 unspecified atom stereocenters. The first-order chi connectivity index (χ1) is 18.7. The lowest BCUT2D eigenvalue weighted by molar-refractivity contribution is -0.0440. The van der Waals surface area contributed by atoms with E-state index in [1.165, 1.54) is 32.0 Å². The number of benzene rings is 1. The average Bonchev–Trinajstić information content (AvgIpc) is 3.42. The molecular weight excluding hydrogens is 484 g/mol. The molecule has 10 heteroatoms. The van der Waals surface area contributed by atoms with Crippen LogP contribution in [-0.4, -0.2) is 91.6 Å². The predicted octanol–water partition coefficient (Wildman–Crippen LogP) is 2.85. The van der Waals surface area contributed by atoms with Crippen LogP contribution >= 0.6 is 0 Å². The number of morpholine rings is 1. The summed E-state index contributed by atoms with van der Waals surface area (Å²) in [7, 11) is 1.61. The number of fused-ring (bicyclic) bond motifs is 3. The zero-order chi connectivity index (χ0) is 25.9. The number of methoxy groups -OCH3 is 1. The van der Waals surface area contributed by atoms with Gasteiger partial charge in [-0.15, -0.1) is 0 Å². The third kappa shape index (κ3) is 5.10. The molecule has 200 valence electrons. The van der Waals surface area contributed by atoms with Gasteiger partial charge >= 0.3 is 0 Å². The van der Waals surface area contributed by atoms with Crippen LogP contribution in [0.25, 0.3) is 0 Å². The Morgan fingerprint density at radius 3 is 2.95 bits per heavy atom. The van der Waals surface area contributed by atoms with Crippen molar-refractivity contribution in [2.45, 2.75) is 31.8 Å². The van der Waals surface area contributed by atoms with Crippen molar-refractivity contribution < 1.29 is 19.0 Å². The Hall–Kier alpha value is -3.50. The highest BCUT2D eigenvalue weighted by atomic mass is 16.5. The number of nitrogens with zero attached hydrogens (tertiary/aromatic N) is 5. The molecule has 6 rings (SSSR count). The van der Waals surface area contributed by atoms with Crippen molar-refractivity contribution in [2.75, 3.05) is 53.0 Å². The van der Waals surface area contributed by atoms with Crippen molar-refractivity contribution in [2.24, 2.45) is 15.9 Å². The number of carbonyl (C=O) groups is 1. The van der Waals surface area contributed by atoms with Crippen molar-refractivity contribution in [3.8, 4) is 11.5 Å². The highest BCUT2D eigenvalue weighted by Crippen LogP contribution is 2.43. The Kier molecular flexibility index (Phi) is 7.24. The van der Waals surface area contributed by atoms with Gasteiger partial charge in [0.2, 0.25) is 5.96 Å². The second-order valence-electron chi connectivity index (χ2n) is 10.2. The maximum atomic E-state index is 12.9. The van der Waals surface area contributed by atoms with Crippen LogP contribution < -0.4 is 14.8 Å². The Labute approximate surface area is 222 Å². The Bertz CT molecular complexity index is 1230. The molecule has 1 amide bonds. The smallest absolute Gasteiger partial charge is 0.259 e. The normalized spacial score (nSPS) is 21.1. The van der Waals surface area contributed by atoms with Crippen LogP contribution in [0.1, 0.15) is 41.6 Å². The minimum Gasteiger partial charge on any atom is -0.491 e. The summed E-state index contributed by atoms with van der Waals surface area (Å²) in [6.07, 6.45) is 8.24. The number of ether oxygens (including phenoxy) is 3. The SMILES string of the molecule is COc1c(OCCC2CN(CC3CCC3)CCO2)ccc2c1N=C(NC(=O)c1cccnc1)N1CCN=C21. The number of amides is 1. The number of rotatable bonds is 8. The Morgan fingerprint density at radius 1 is 1.24 bits per heavy atom. The first-order valence-electron chi connectivity index (χ1n) is 13.5. The van der Waals surface area contributed by atoms with E-state index >= 15 is 0 Å². The number of pyridine rings is 1. The molecule has 4 aliphatic rings. The molecular formula is C28H34N6O4. The summed E-state index contributed by atoms with van der Waals surface area (Å²) >= 11 is 0. The van der Waals surface area contributed by atoms with Gasteiger partial charge in [0, 0.05) is 50.6 Å². The van der Waals surface area contributed by atoms with Crippen LogP contribution in [0, 0.1) is 5.92 Å². The fraction of sp³-hybridized carbons (Fsp3) is 0.500. The van der Waals surface area contributed by atoms with Gasteiger partial charge in [-0.25, -0.2) is 4.99 Å². The molecule has 1 saturated heterocycles. The quantitative estimate of drug-likeness (QED) is 0.574. The van der Waals surface area contributed by atoms with E-state index in [2.05, 4.69) is 20.2 Å². The standard InChI is InChI=1S/C28H34N6O4/c1-36-25-23(38-14-9-21-18-33(13-15-37-21)17-19-4-2-5-19)8-7-22-24(25)31-28(34-12-11-30-26(22)34)32-27(35)20-6-3-10-29-16-20/h3,6-8,10,16,19,21H,2,4-5,9,11-15,17-18H2,1H3,(H,31,32,35). The summed E-state index contributed by atoms with van der Waals surface area (Å²) in [6.45, 7) is 5.72. The monoisotopic (exact) mass is 518 g/mol. The third-order valence-corrected chi connectivity index (χ3v) is 7.67. The second-order valence-corrected chi connectivity index (χ2v) is 10.2. The van der Waals surface area contributed by atoms with Crippen LogP contribution in [0.4, 0.5) is 5.69 Å². The van der Waals surface area contributed by atoms with Gasteiger partial charge in [0.25, 0.3) is 5.91 Å². The topological polar surface area (TPSA) is 101 Å². The van der Waals surface area contributed by atoms with Crippen molar-refractivity contribution >= 4 is 23.4 Å². The second kappa shape index (κ2) is 11.1. The van der Waals surface area contributed by atoms with E-state index in [1.807, 2.05) is 17.0 Å². The van der Waals surface area contributed by atoms with Gasteiger partial charge < -0.3 is 14.2 Å². The minimum atomic E-state index is -0.281. The molecule has 1 aromatic heterocycles. The van der Waals surface area contributed by atoms with E-state index in [0.29, 0.717) is 48.4 Å². The first kappa shape index (κ1) is 24.8. The van der Waals surface area contributed by atoms with Crippen LogP contribution in [0.5, 0.6) is 11.5 Å². The lowest BCUT2D eigenvalue weighted by atomic mass is 9.85. The Morgan fingerprint density at radius 2 is 2.16 bits per heavy atom. The van der Waals surface area contributed by atoms with Crippen LogP contribution in [0.3, 0.4) is 0 Å². The van der Waals surface area contributed by atoms with E-state index < -0.39 is 0 Å². The number of amidine groups is 1.